The summed E-state index contributed by atoms with van der Waals surface area (Å²) in [5, 5.41) is 2.67. The van der Waals surface area contributed by atoms with Gasteiger partial charge in [-0.25, -0.2) is 4.79 Å². The van der Waals surface area contributed by atoms with Gasteiger partial charge in [-0.05, 0) is 10.8 Å². The monoisotopic (exact) mass is 244 g/mol. The third-order valence-corrected chi connectivity index (χ3v) is 2.41. The van der Waals surface area contributed by atoms with Gasteiger partial charge in [0.15, 0.2) is 0 Å². The number of nitrogens with zero attached hydrogens (tertiary/aromatic N) is 1. The van der Waals surface area contributed by atoms with E-state index in [4.69, 9.17) is 0 Å². The summed E-state index contributed by atoms with van der Waals surface area (Å²) in [4.78, 5) is 11.2. The lowest BCUT2D eigenvalue weighted by Gasteiger charge is -2.25. The Hall–Kier alpha value is -1.64. The van der Waals surface area contributed by atoms with Crippen LogP contribution in [0.25, 0.3) is 0 Å². The fourth-order valence-corrected chi connectivity index (χ4v) is 1.56. The first-order valence-electron chi connectivity index (χ1n) is 4.33. The molecule has 86 valence electrons. The third-order valence-electron chi connectivity index (χ3n) is 1.77. The molecule has 1 fully saturated rings. The standard InChI is InChI=1S/C8H8N2O5S/c11-8(10-14-16(12,13)15-10)9-6-7-4-2-1-3-5-7/h1-5H,6H2,(H,9,11). The summed E-state index contributed by atoms with van der Waals surface area (Å²) in [6.07, 6.45) is 0. The molecule has 0 radical (unpaired) electrons. The van der Waals surface area contributed by atoms with Crippen LogP contribution < -0.4 is 5.32 Å². The molecule has 0 atom stereocenters. The number of nitrogens with one attached hydrogen (secondary N) is 1. The van der Waals surface area contributed by atoms with Crippen molar-refractivity contribution in [3.63, 3.8) is 0 Å². The van der Waals surface area contributed by atoms with Crippen molar-refractivity contribution in [1.82, 2.24) is 10.5 Å². The average molecular weight is 244 g/mol. The Balaban J connectivity index is 1.82. The first-order valence-corrected chi connectivity index (χ1v) is 5.66. The van der Waals surface area contributed by atoms with Gasteiger partial charge < -0.3 is 5.32 Å². The Labute approximate surface area is 91.8 Å². The maximum absolute atomic E-state index is 11.2. The second-order valence-electron chi connectivity index (χ2n) is 2.96. The van der Waals surface area contributed by atoms with Crippen LogP contribution in [-0.4, -0.2) is 19.7 Å². The highest BCUT2D eigenvalue weighted by Crippen LogP contribution is 2.16. The number of urea groups is 1. The summed E-state index contributed by atoms with van der Waals surface area (Å²) in [5.74, 6) is 0. The van der Waals surface area contributed by atoms with E-state index in [2.05, 4.69) is 13.9 Å². The fraction of sp³-hybridized carbons (Fsp3) is 0.125. The fourth-order valence-electron chi connectivity index (χ4n) is 1.08. The van der Waals surface area contributed by atoms with Gasteiger partial charge in [-0.2, -0.15) is 8.42 Å². The van der Waals surface area contributed by atoms with Gasteiger partial charge in [0.05, 0.1) is 0 Å². The van der Waals surface area contributed by atoms with E-state index in [-0.39, 0.29) is 11.8 Å². The molecular weight excluding hydrogens is 236 g/mol. The molecule has 0 unspecified atom stereocenters. The van der Waals surface area contributed by atoms with Gasteiger partial charge in [-0.3, -0.25) is 0 Å². The Bertz CT molecular complexity index is 474. The van der Waals surface area contributed by atoms with Gasteiger partial charge in [0.25, 0.3) is 0 Å². The van der Waals surface area contributed by atoms with E-state index in [1.807, 2.05) is 30.3 Å². The Morgan fingerprint density at radius 2 is 1.88 bits per heavy atom. The van der Waals surface area contributed by atoms with E-state index in [1.54, 1.807) is 0 Å². The van der Waals surface area contributed by atoms with Crippen LogP contribution in [0.15, 0.2) is 30.3 Å². The molecule has 1 N–H and O–H groups in total. The molecule has 2 amide bonds. The molecule has 1 saturated heterocycles. The molecule has 7 nitrogen and oxygen atoms in total. The second-order valence-corrected chi connectivity index (χ2v) is 4.07. The van der Waals surface area contributed by atoms with Gasteiger partial charge in [0.2, 0.25) is 0 Å². The maximum atomic E-state index is 11.2. The zero-order chi connectivity index (χ0) is 11.6. The topological polar surface area (TPSA) is 84.9 Å². The van der Waals surface area contributed by atoms with Crippen LogP contribution in [0.5, 0.6) is 0 Å². The van der Waals surface area contributed by atoms with Crippen LogP contribution in [0.2, 0.25) is 0 Å². The van der Waals surface area contributed by atoms with E-state index in [9.17, 15) is 13.2 Å². The summed E-state index contributed by atoms with van der Waals surface area (Å²) in [6.45, 7) is 0.253. The van der Waals surface area contributed by atoms with Crippen molar-refractivity contribution in [3.05, 3.63) is 35.9 Å². The van der Waals surface area contributed by atoms with Crippen LogP contribution >= 0.6 is 0 Å². The van der Waals surface area contributed by atoms with Gasteiger partial charge in [-0.15, -0.1) is 0 Å². The van der Waals surface area contributed by atoms with Crippen LogP contribution in [0.1, 0.15) is 5.56 Å². The molecule has 8 heteroatoms. The first-order chi connectivity index (χ1) is 7.57. The van der Waals surface area contributed by atoms with Crippen molar-refractivity contribution in [1.29, 1.82) is 0 Å². The minimum Gasteiger partial charge on any atom is -0.330 e. The third kappa shape index (κ3) is 2.48. The molecule has 0 bridgehead atoms. The summed E-state index contributed by atoms with van der Waals surface area (Å²) in [5.41, 5.74) is 0.874. The predicted octanol–water partition coefficient (Wildman–Crippen LogP) is 0.320. The molecule has 0 saturated carbocycles. The van der Waals surface area contributed by atoms with E-state index in [0.717, 1.165) is 5.56 Å². The number of benzene rings is 1. The number of rotatable bonds is 2. The molecule has 1 aromatic rings. The Morgan fingerprint density at radius 1 is 1.25 bits per heavy atom. The SMILES string of the molecule is O=C(NCc1ccccc1)N1OS(=O)(=O)O1. The van der Waals surface area contributed by atoms with Crippen molar-refractivity contribution >= 4 is 16.4 Å². The number of hydrogen-bond acceptors (Lipinski definition) is 5. The number of hydroxylamine groups is 2. The highest BCUT2D eigenvalue weighted by atomic mass is 32.3. The van der Waals surface area contributed by atoms with Crippen molar-refractivity contribution in [3.8, 4) is 0 Å². The van der Waals surface area contributed by atoms with E-state index >= 15 is 0 Å². The zero-order valence-corrected chi connectivity index (χ0v) is 8.81. The van der Waals surface area contributed by atoms with Crippen molar-refractivity contribution in [2.45, 2.75) is 6.54 Å². The molecule has 1 aromatic carbocycles. The van der Waals surface area contributed by atoms with Crippen molar-refractivity contribution in [2.75, 3.05) is 0 Å². The normalized spacial score (nSPS) is 17.6. The van der Waals surface area contributed by atoms with Gasteiger partial charge in [-0.1, -0.05) is 38.9 Å². The smallest absolute Gasteiger partial charge is 0.330 e. The number of hydrogen-bond donors (Lipinski definition) is 1. The highest BCUT2D eigenvalue weighted by Gasteiger charge is 2.39. The largest absolute Gasteiger partial charge is 0.446 e. The van der Waals surface area contributed by atoms with Crippen LogP contribution in [-0.2, 0) is 25.5 Å². The van der Waals surface area contributed by atoms with Crippen LogP contribution in [0, 0.1) is 0 Å². The van der Waals surface area contributed by atoms with Gasteiger partial charge in [0, 0.05) is 6.54 Å². The van der Waals surface area contributed by atoms with E-state index in [1.165, 1.54) is 0 Å². The summed E-state index contributed by atoms with van der Waals surface area (Å²) in [6, 6.07) is 8.34. The molecule has 1 aliphatic rings. The number of carbonyl (C=O) groups is 1. The molecule has 16 heavy (non-hydrogen) atoms. The van der Waals surface area contributed by atoms with Crippen molar-refractivity contribution in [2.24, 2.45) is 0 Å². The summed E-state index contributed by atoms with van der Waals surface area (Å²) >= 11 is 0. The molecule has 0 aromatic heterocycles. The zero-order valence-electron chi connectivity index (χ0n) is 7.99. The lowest BCUT2D eigenvalue weighted by Crippen LogP contribution is -2.49. The number of amides is 2. The van der Waals surface area contributed by atoms with Crippen molar-refractivity contribution < 1.29 is 21.8 Å². The molecule has 2 rings (SSSR count). The second kappa shape index (κ2) is 4.08. The highest BCUT2D eigenvalue weighted by molar-refractivity contribution is 7.82. The predicted molar refractivity (Wildman–Crippen MR) is 51.6 cm³/mol. The van der Waals surface area contributed by atoms with E-state index in [0.29, 0.717) is 0 Å². The van der Waals surface area contributed by atoms with E-state index < -0.39 is 16.4 Å². The summed E-state index contributed by atoms with van der Waals surface area (Å²) in [7, 11) is -3.99. The quantitative estimate of drug-likeness (QED) is 0.809. The molecular formula is C8H8N2O5S. The molecule has 0 aliphatic carbocycles. The van der Waals surface area contributed by atoms with Crippen LogP contribution in [0.4, 0.5) is 4.79 Å². The van der Waals surface area contributed by atoms with Crippen LogP contribution in [0.3, 0.4) is 0 Å². The number of carbonyl (C=O) groups excluding carboxylic acids is 1. The molecule has 1 heterocycles. The summed E-state index contributed by atoms with van der Waals surface area (Å²) < 4.78 is 28.9. The minimum absolute atomic E-state index is 0.253. The lowest BCUT2D eigenvalue weighted by atomic mass is 10.2. The van der Waals surface area contributed by atoms with Gasteiger partial charge in [0.1, 0.15) is 0 Å². The average Bonchev–Trinajstić information content (AvgIpc) is 2.24. The lowest BCUT2D eigenvalue weighted by molar-refractivity contribution is -0.280. The molecule has 0 spiro atoms. The molecule has 1 aliphatic heterocycles. The minimum atomic E-state index is -3.99. The maximum Gasteiger partial charge on any atom is 0.446 e. The first kappa shape index (κ1) is 10.9. The Kier molecular flexibility index (Phi) is 2.77. The van der Waals surface area contributed by atoms with Gasteiger partial charge >= 0.3 is 16.4 Å². The Morgan fingerprint density at radius 3 is 2.44 bits per heavy atom.